The Labute approximate surface area is 123 Å². The lowest BCUT2D eigenvalue weighted by Crippen LogP contribution is -2.30. The van der Waals surface area contributed by atoms with E-state index in [-0.39, 0.29) is 11.9 Å². The maximum Gasteiger partial charge on any atom is 0.228 e. The second kappa shape index (κ2) is 6.05. The largest absolute Gasteiger partial charge is 0.397 e. The Kier molecular flexibility index (Phi) is 4.39. The fraction of sp³-hybridized carbons (Fsp3) is 0.333. The van der Waals surface area contributed by atoms with E-state index in [1.807, 2.05) is 14.0 Å². The van der Waals surface area contributed by atoms with Gasteiger partial charge in [-0.05, 0) is 38.1 Å². The molecular formula is C15H19N3OS. The second-order valence-electron chi connectivity index (χ2n) is 4.89. The summed E-state index contributed by atoms with van der Waals surface area (Å²) in [5, 5.41) is 0. The zero-order chi connectivity index (χ0) is 14.7. The van der Waals surface area contributed by atoms with Gasteiger partial charge in [-0.3, -0.25) is 9.78 Å². The summed E-state index contributed by atoms with van der Waals surface area (Å²) in [5.41, 5.74) is 6.94. The summed E-state index contributed by atoms with van der Waals surface area (Å²) in [6.45, 7) is 4.11. The number of thiophene rings is 1. The van der Waals surface area contributed by atoms with Crippen LogP contribution in [0.25, 0.3) is 0 Å². The van der Waals surface area contributed by atoms with E-state index in [0.29, 0.717) is 12.1 Å². The van der Waals surface area contributed by atoms with Gasteiger partial charge in [0, 0.05) is 22.5 Å². The molecule has 0 saturated carbocycles. The van der Waals surface area contributed by atoms with Crippen molar-refractivity contribution in [2.24, 2.45) is 0 Å². The number of nitrogen functional groups attached to an aromatic ring is 1. The molecule has 0 saturated heterocycles. The van der Waals surface area contributed by atoms with Crippen molar-refractivity contribution in [2.45, 2.75) is 26.3 Å². The van der Waals surface area contributed by atoms with E-state index in [2.05, 4.69) is 24.0 Å². The molecule has 2 aromatic heterocycles. The molecule has 1 atom stereocenters. The number of carbonyl (C=O) groups is 1. The number of anilines is 1. The van der Waals surface area contributed by atoms with Crippen LogP contribution in [0.4, 0.5) is 5.69 Å². The third-order valence-electron chi connectivity index (χ3n) is 3.33. The maximum absolute atomic E-state index is 12.3. The molecule has 5 heteroatoms. The molecule has 2 heterocycles. The van der Waals surface area contributed by atoms with Crippen LogP contribution in [0.1, 0.15) is 28.4 Å². The van der Waals surface area contributed by atoms with Crippen LogP contribution in [0.3, 0.4) is 0 Å². The first-order valence-corrected chi connectivity index (χ1v) is 7.31. The van der Waals surface area contributed by atoms with E-state index >= 15 is 0 Å². The van der Waals surface area contributed by atoms with Gasteiger partial charge in [0.05, 0.1) is 24.3 Å². The number of aryl methyl sites for hydroxylation is 1. The number of hydrogen-bond acceptors (Lipinski definition) is 4. The number of pyridine rings is 1. The molecule has 0 fully saturated rings. The first kappa shape index (κ1) is 14.5. The van der Waals surface area contributed by atoms with Crippen molar-refractivity contribution in [1.29, 1.82) is 0 Å². The molecule has 0 radical (unpaired) electrons. The Morgan fingerprint density at radius 2 is 2.15 bits per heavy atom. The normalized spacial score (nSPS) is 12.2. The quantitative estimate of drug-likeness (QED) is 0.941. The molecule has 0 spiro atoms. The Morgan fingerprint density at radius 1 is 1.40 bits per heavy atom. The molecule has 2 N–H and O–H groups in total. The molecule has 1 unspecified atom stereocenters. The molecule has 4 nitrogen and oxygen atoms in total. The maximum atomic E-state index is 12.3. The first-order chi connectivity index (χ1) is 9.47. The minimum Gasteiger partial charge on any atom is -0.397 e. The Bertz CT molecular complexity index is 591. The van der Waals surface area contributed by atoms with Gasteiger partial charge in [-0.1, -0.05) is 0 Å². The summed E-state index contributed by atoms with van der Waals surface area (Å²) in [7, 11) is 1.83. The van der Waals surface area contributed by atoms with E-state index in [9.17, 15) is 4.79 Å². The number of aromatic nitrogens is 1. The van der Waals surface area contributed by atoms with Crippen LogP contribution < -0.4 is 5.73 Å². The van der Waals surface area contributed by atoms with Crippen LogP contribution in [0.5, 0.6) is 0 Å². The van der Waals surface area contributed by atoms with Gasteiger partial charge >= 0.3 is 0 Å². The monoisotopic (exact) mass is 289 g/mol. The summed E-state index contributed by atoms with van der Waals surface area (Å²) < 4.78 is 0. The molecule has 20 heavy (non-hydrogen) atoms. The van der Waals surface area contributed by atoms with Crippen LogP contribution in [-0.2, 0) is 11.2 Å². The van der Waals surface area contributed by atoms with E-state index in [1.54, 1.807) is 34.6 Å². The molecule has 0 aliphatic rings. The van der Waals surface area contributed by atoms with Crippen molar-refractivity contribution in [2.75, 3.05) is 12.8 Å². The number of likely N-dealkylation sites (N-methyl/N-ethyl adjacent to an activating group) is 1. The average Bonchev–Trinajstić information content (AvgIpc) is 2.86. The molecule has 2 rings (SSSR count). The lowest BCUT2D eigenvalue weighted by molar-refractivity contribution is -0.131. The number of nitrogens with zero attached hydrogens (tertiary/aromatic N) is 2. The highest BCUT2D eigenvalue weighted by Crippen LogP contribution is 2.26. The molecular weight excluding hydrogens is 270 g/mol. The number of hydrogen-bond donors (Lipinski definition) is 1. The van der Waals surface area contributed by atoms with Gasteiger partial charge in [0.25, 0.3) is 0 Å². The molecule has 0 aromatic carbocycles. The van der Waals surface area contributed by atoms with Gasteiger partial charge in [0.15, 0.2) is 0 Å². The Hall–Kier alpha value is -1.88. The van der Waals surface area contributed by atoms with Crippen LogP contribution in [0.15, 0.2) is 30.5 Å². The van der Waals surface area contributed by atoms with E-state index in [4.69, 9.17) is 5.73 Å². The van der Waals surface area contributed by atoms with Gasteiger partial charge in [0.2, 0.25) is 5.91 Å². The fourth-order valence-electron chi connectivity index (χ4n) is 1.90. The molecule has 0 aliphatic carbocycles. The summed E-state index contributed by atoms with van der Waals surface area (Å²) >= 11 is 1.72. The van der Waals surface area contributed by atoms with Crippen LogP contribution in [0, 0.1) is 6.92 Å². The molecule has 0 aliphatic heterocycles. The lowest BCUT2D eigenvalue weighted by atomic mass is 10.2. The highest BCUT2D eigenvalue weighted by atomic mass is 32.1. The van der Waals surface area contributed by atoms with Gasteiger partial charge in [0.1, 0.15) is 0 Å². The topological polar surface area (TPSA) is 59.2 Å². The van der Waals surface area contributed by atoms with E-state index in [0.717, 1.165) is 5.69 Å². The number of carbonyl (C=O) groups excluding carboxylic acids is 1. The van der Waals surface area contributed by atoms with Crippen molar-refractivity contribution >= 4 is 22.9 Å². The molecule has 0 bridgehead atoms. The molecule has 1 amide bonds. The minimum atomic E-state index is 0.0563. The number of nitrogens with two attached hydrogens (primary N) is 1. The average molecular weight is 289 g/mol. The third-order valence-corrected chi connectivity index (χ3v) is 4.50. The smallest absolute Gasteiger partial charge is 0.228 e. The first-order valence-electron chi connectivity index (χ1n) is 6.50. The highest BCUT2D eigenvalue weighted by Gasteiger charge is 2.19. The van der Waals surface area contributed by atoms with Crippen molar-refractivity contribution in [3.8, 4) is 0 Å². The summed E-state index contributed by atoms with van der Waals surface area (Å²) in [5.74, 6) is 0.0563. The second-order valence-corrected chi connectivity index (χ2v) is 6.21. The van der Waals surface area contributed by atoms with Crippen molar-refractivity contribution in [3.63, 3.8) is 0 Å². The van der Waals surface area contributed by atoms with Gasteiger partial charge in [-0.15, -0.1) is 11.3 Å². The predicted octanol–water partition coefficient (Wildman–Crippen LogP) is 2.80. The molecule has 106 valence electrons. The van der Waals surface area contributed by atoms with Gasteiger partial charge in [-0.25, -0.2) is 0 Å². The van der Waals surface area contributed by atoms with Crippen LogP contribution in [0.2, 0.25) is 0 Å². The van der Waals surface area contributed by atoms with Gasteiger partial charge in [-0.2, -0.15) is 0 Å². The molecule has 2 aromatic rings. The number of amides is 1. The summed E-state index contributed by atoms with van der Waals surface area (Å²) in [4.78, 5) is 20.7. The van der Waals surface area contributed by atoms with Crippen molar-refractivity contribution < 1.29 is 4.79 Å². The predicted molar refractivity (Wildman–Crippen MR) is 82.6 cm³/mol. The van der Waals surface area contributed by atoms with Crippen molar-refractivity contribution in [3.05, 3.63) is 45.9 Å². The highest BCUT2D eigenvalue weighted by molar-refractivity contribution is 7.12. The zero-order valence-corrected chi connectivity index (χ0v) is 12.8. The van der Waals surface area contributed by atoms with Crippen LogP contribution >= 0.6 is 11.3 Å². The standard InChI is InChI=1S/C15H19N3OS/c1-10-4-7-14(20-10)11(2)18(3)15(19)8-13-6-5-12(16)9-17-13/h4-7,9,11H,8,16H2,1-3H3. The number of rotatable bonds is 4. The van der Waals surface area contributed by atoms with Gasteiger partial charge < -0.3 is 10.6 Å². The summed E-state index contributed by atoms with van der Waals surface area (Å²) in [6, 6.07) is 7.80. The third kappa shape index (κ3) is 3.36. The lowest BCUT2D eigenvalue weighted by Gasteiger charge is -2.24. The summed E-state index contributed by atoms with van der Waals surface area (Å²) in [6.07, 6.45) is 1.88. The fourth-order valence-corrected chi connectivity index (χ4v) is 2.88. The SMILES string of the molecule is Cc1ccc(C(C)N(C)C(=O)Cc2ccc(N)cn2)s1. The minimum absolute atomic E-state index is 0.0563. The van der Waals surface area contributed by atoms with Crippen LogP contribution in [-0.4, -0.2) is 22.8 Å². The Morgan fingerprint density at radius 3 is 2.70 bits per heavy atom. The van der Waals surface area contributed by atoms with E-state index in [1.165, 1.54) is 9.75 Å². The van der Waals surface area contributed by atoms with Crippen molar-refractivity contribution in [1.82, 2.24) is 9.88 Å². The van der Waals surface area contributed by atoms with E-state index < -0.39 is 0 Å². The Balaban J connectivity index is 2.03. The zero-order valence-electron chi connectivity index (χ0n) is 12.0.